The lowest BCUT2D eigenvalue weighted by atomic mass is 10.1. The SMILES string of the molecule is CNc1ccc(C(C)N=Nc2nc(C)nc(-c3ccccc3)c2N)cc1. The predicted molar refractivity (Wildman–Crippen MR) is 106 cm³/mol. The zero-order valence-electron chi connectivity index (χ0n) is 15.1. The molecule has 0 fully saturated rings. The monoisotopic (exact) mass is 346 g/mol. The van der Waals surface area contributed by atoms with Crippen molar-refractivity contribution in [2.75, 3.05) is 18.1 Å². The summed E-state index contributed by atoms with van der Waals surface area (Å²) in [6.07, 6.45) is 0. The first-order chi connectivity index (χ1) is 12.6. The lowest BCUT2D eigenvalue weighted by molar-refractivity contribution is 0.759. The number of aryl methyl sites for hydroxylation is 1. The largest absolute Gasteiger partial charge is 0.394 e. The first-order valence-electron chi connectivity index (χ1n) is 8.46. The van der Waals surface area contributed by atoms with Gasteiger partial charge in [0.15, 0.2) is 0 Å². The molecule has 132 valence electrons. The first-order valence-corrected chi connectivity index (χ1v) is 8.46. The molecule has 1 atom stereocenters. The summed E-state index contributed by atoms with van der Waals surface area (Å²) in [5.41, 5.74) is 10.4. The Bertz CT molecular complexity index is 904. The van der Waals surface area contributed by atoms with Crippen LogP contribution in [-0.4, -0.2) is 17.0 Å². The molecular weight excluding hydrogens is 324 g/mol. The number of hydrogen-bond acceptors (Lipinski definition) is 6. The molecule has 3 N–H and O–H groups in total. The van der Waals surface area contributed by atoms with Gasteiger partial charge in [-0.25, -0.2) is 9.97 Å². The van der Waals surface area contributed by atoms with Crippen LogP contribution in [0.2, 0.25) is 0 Å². The lowest BCUT2D eigenvalue weighted by Gasteiger charge is -2.09. The minimum absolute atomic E-state index is 0.101. The molecule has 0 aliphatic carbocycles. The van der Waals surface area contributed by atoms with E-state index in [4.69, 9.17) is 5.73 Å². The van der Waals surface area contributed by atoms with Gasteiger partial charge in [-0.1, -0.05) is 42.5 Å². The van der Waals surface area contributed by atoms with Crippen molar-refractivity contribution in [3.63, 3.8) is 0 Å². The van der Waals surface area contributed by atoms with Gasteiger partial charge in [0.05, 0.1) is 11.7 Å². The summed E-state index contributed by atoms with van der Waals surface area (Å²) in [7, 11) is 1.89. The van der Waals surface area contributed by atoms with Gasteiger partial charge >= 0.3 is 0 Å². The zero-order valence-corrected chi connectivity index (χ0v) is 15.1. The number of benzene rings is 2. The molecule has 1 aromatic heterocycles. The third kappa shape index (κ3) is 3.85. The summed E-state index contributed by atoms with van der Waals surface area (Å²) in [6.45, 7) is 3.81. The van der Waals surface area contributed by atoms with Crippen LogP contribution in [0, 0.1) is 6.92 Å². The number of nitrogens with two attached hydrogens (primary N) is 1. The van der Waals surface area contributed by atoms with E-state index in [1.165, 1.54) is 0 Å². The Hall–Kier alpha value is -3.28. The predicted octanol–water partition coefficient (Wildman–Crippen LogP) is 4.92. The van der Waals surface area contributed by atoms with E-state index in [0.29, 0.717) is 23.0 Å². The summed E-state index contributed by atoms with van der Waals surface area (Å²) in [6, 6.07) is 17.8. The van der Waals surface area contributed by atoms with Crippen LogP contribution in [0.1, 0.15) is 24.4 Å². The van der Waals surface area contributed by atoms with Crippen molar-refractivity contribution in [1.29, 1.82) is 0 Å². The highest BCUT2D eigenvalue weighted by Crippen LogP contribution is 2.31. The molecule has 26 heavy (non-hydrogen) atoms. The maximum atomic E-state index is 6.26. The Balaban J connectivity index is 1.89. The Morgan fingerprint density at radius 2 is 1.69 bits per heavy atom. The van der Waals surface area contributed by atoms with Crippen molar-refractivity contribution in [2.45, 2.75) is 19.9 Å². The zero-order chi connectivity index (χ0) is 18.5. The molecule has 0 saturated heterocycles. The molecule has 0 aliphatic heterocycles. The topological polar surface area (TPSA) is 88.5 Å². The van der Waals surface area contributed by atoms with E-state index in [1.807, 2.05) is 75.5 Å². The number of azo groups is 1. The van der Waals surface area contributed by atoms with E-state index in [1.54, 1.807) is 0 Å². The van der Waals surface area contributed by atoms with Gasteiger partial charge in [-0.15, -0.1) is 5.11 Å². The van der Waals surface area contributed by atoms with Crippen molar-refractivity contribution in [3.05, 3.63) is 66.0 Å². The molecule has 6 nitrogen and oxygen atoms in total. The third-order valence-electron chi connectivity index (χ3n) is 4.09. The van der Waals surface area contributed by atoms with Crippen LogP contribution >= 0.6 is 0 Å². The van der Waals surface area contributed by atoms with E-state index in [-0.39, 0.29) is 6.04 Å². The average molecular weight is 346 g/mol. The molecule has 2 aromatic carbocycles. The van der Waals surface area contributed by atoms with Gasteiger partial charge in [-0.05, 0) is 31.5 Å². The molecule has 0 radical (unpaired) electrons. The number of nitrogens with zero attached hydrogens (tertiary/aromatic N) is 4. The van der Waals surface area contributed by atoms with Gasteiger partial charge in [0.1, 0.15) is 11.5 Å². The minimum Gasteiger partial charge on any atom is -0.394 e. The fourth-order valence-corrected chi connectivity index (χ4v) is 2.59. The number of rotatable bonds is 5. The van der Waals surface area contributed by atoms with E-state index in [0.717, 1.165) is 16.8 Å². The van der Waals surface area contributed by atoms with Gasteiger partial charge < -0.3 is 11.1 Å². The Labute approximate surface area is 153 Å². The Kier molecular flexibility index (Phi) is 5.22. The maximum Gasteiger partial charge on any atom is 0.201 e. The molecule has 3 rings (SSSR count). The Morgan fingerprint density at radius 1 is 1.00 bits per heavy atom. The average Bonchev–Trinajstić information content (AvgIpc) is 2.68. The number of nitrogen functional groups attached to an aromatic ring is 1. The van der Waals surface area contributed by atoms with Crippen LogP contribution in [0.15, 0.2) is 64.8 Å². The summed E-state index contributed by atoms with van der Waals surface area (Å²) in [4.78, 5) is 8.81. The van der Waals surface area contributed by atoms with E-state index in [9.17, 15) is 0 Å². The third-order valence-corrected chi connectivity index (χ3v) is 4.09. The van der Waals surface area contributed by atoms with Crippen LogP contribution < -0.4 is 11.1 Å². The van der Waals surface area contributed by atoms with Crippen LogP contribution in [0.4, 0.5) is 17.2 Å². The molecule has 6 heteroatoms. The molecule has 1 heterocycles. The van der Waals surface area contributed by atoms with Gasteiger partial charge in [0.25, 0.3) is 0 Å². The number of aromatic nitrogens is 2. The second kappa shape index (κ2) is 7.74. The van der Waals surface area contributed by atoms with E-state index < -0.39 is 0 Å². The van der Waals surface area contributed by atoms with Gasteiger partial charge in [0.2, 0.25) is 5.82 Å². The van der Waals surface area contributed by atoms with Crippen LogP contribution in [0.3, 0.4) is 0 Å². The molecule has 0 aliphatic rings. The second-order valence-electron chi connectivity index (χ2n) is 5.99. The van der Waals surface area contributed by atoms with E-state index in [2.05, 4.69) is 25.5 Å². The quantitative estimate of drug-likeness (QED) is 0.642. The first kappa shape index (κ1) is 17.5. The van der Waals surface area contributed by atoms with Crippen LogP contribution in [0.25, 0.3) is 11.3 Å². The fourth-order valence-electron chi connectivity index (χ4n) is 2.59. The van der Waals surface area contributed by atoms with Crippen molar-refractivity contribution in [3.8, 4) is 11.3 Å². The second-order valence-corrected chi connectivity index (χ2v) is 5.99. The van der Waals surface area contributed by atoms with Crippen molar-refractivity contribution in [1.82, 2.24) is 9.97 Å². The molecule has 0 spiro atoms. The number of hydrogen-bond donors (Lipinski definition) is 2. The van der Waals surface area contributed by atoms with E-state index >= 15 is 0 Å². The normalized spacial score (nSPS) is 12.3. The highest BCUT2D eigenvalue weighted by atomic mass is 15.2. The Morgan fingerprint density at radius 3 is 2.35 bits per heavy atom. The van der Waals surface area contributed by atoms with Crippen molar-refractivity contribution in [2.24, 2.45) is 10.2 Å². The standard InChI is InChI=1S/C20H22N6/c1-13(15-9-11-17(22-3)12-10-15)25-26-20-18(21)19(23-14(2)24-20)16-7-5-4-6-8-16/h4-13,22H,21H2,1-3H3. The summed E-state index contributed by atoms with van der Waals surface area (Å²) in [5.74, 6) is 1.01. The molecule has 3 aromatic rings. The van der Waals surface area contributed by atoms with Crippen molar-refractivity contribution >= 4 is 17.2 Å². The number of anilines is 2. The fraction of sp³-hybridized carbons (Fsp3) is 0.200. The van der Waals surface area contributed by atoms with Gasteiger partial charge in [0, 0.05) is 18.3 Å². The smallest absolute Gasteiger partial charge is 0.201 e. The molecule has 0 amide bonds. The molecule has 0 bridgehead atoms. The molecular formula is C20H22N6. The summed E-state index contributed by atoms with van der Waals surface area (Å²) in [5, 5.41) is 11.8. The minimum atomic E-state index is -0.101. The van der Waals surface area contributed by atoms with Crippen LogP contribution in [0.5, 0.6) is 0 Å². The highest BCUT2D eigenvalue weighted by Gasteiger charge is 2.12. The van der Waals surface area contributed by atoms with Crippen molar-refractivity contribution < 1.29 is 0 Å². The van der Waals surface area contributed by atoms with Gasteiger partial charge in [-0.3, -0.25) is 0 Å². The number of nitrogens with one attached hydrogen (secondary N) is 1. The lowest BCUT2D eigenvalue weighted by Crippen LogP contribution is -1.99. The van der Waals surface area contributed by atoms with Crippen LogP contribution in [-0.2, 0) is 0 Å². The maximum absolute atomic E-state index is 6.26. The highest BCUT2D eigenvalue weighted by molar-refractivity contribution is 5.78. The molecule has 0 saturated carbocycles. The van der Waals surface area contributed by atoms with Gasteiger partial charge in [-0.2, -0.15) is 5.11 Å². The summed E-state index contributed by atoms with van der Waals surface area (Å²) >= 11 is 0. The summed E-state index contributed by atoms with van der Waals surface area (Å²) < 4.78 is 0. The molecule has 1 unspecified atom stereocenters.